The van der Waals surface area contributed by atoms with Gasteiger partial charge < -0.3 is 20.6 Å². The van der Waals surface area contributed by atoms with Crippen LogP contribution in [0.3, 0.4) is 0 Å². The van der Waals surface area contributed by atoms with E-state index in [2.05, 4.69) is 15.5 Å². The van der Waals surface area contributed by atoms with Gasteiger partial charge in [0, 0.05) is 12.6 Å². The molecule has 1 amide bonds. The minimum absolute atomic E-state index is 0.0805. The SMILES string of the molecule is COc1cccc(OCc2nnc(SCC(=O)NCCc3ccccc3)n2N)c1. The van der Waals surface area contributed by atoms with Crippen LogP contribution in [0.2, 0.25) is 0 Å². The van der Waals surface area contributed by atoms with Crippen LogP contribution in [0, 0.1) is 0 Å². The van der Waals surface area contributed by atoms with Crippen molar-refractivity contribution in [1.82, 2.24) is 20.2 Å². The molecule has 1 heterocycles. The molecule has 0 unspecified atom stereocenters. The fourth-order valence-corrected chi connectivity index (χ4v) is 3.22. The lowest BCUT2D eigenvalue weighted by molar-refractivity contribution is -0.118. The predicted molar refractivity (Wildman–Crippen MR) is 111 cm³/mol. The molecule has 0 atom stereocenters. The van der Waals surface area contributed by atoms with Crippen LogP contribution in [0.5, 0.6) is 11.5 Å². The van der Waals surface area contributed by atoms with E-state index in [1.807, 2.05) is 48.5 Å². The van der Waals surface area contributed by atoms with Gasteiger partial charge in [0.1, 0.15) is 18.1 Å². The van der Waals surface area contributed by atoms with E-state index in [4.69, 9.17) is 15.3 Å². The Balaban J connectivity index is 1.43. The van der Waals surface area contributed by atoms with Crippen molar-refractivity contribution in [3.8, 4) is 11.5 Å². The summed E-state index contributed by atoms with van der Waals surface area (Å²) in [4.78, 5) is 12.0. The van der Waals surface area contributed by atoms with Crippen molar-refractivity contribution in [1.29, 1.82) is 0 Å². The van der Waals surface area contributed by atoms with Crippen LogP contribution in [0.15, 0.2) is 59.8 Å². The number of carbonyl (C=O) groups is 1. The summed E-state index contributed by atoms with van der Waals surface area (Å²) in [6.07, 6.45) is 0.788. The maximum atomic E-state index is 12.0. The first-order chi connectivity index (χ1) is 14.2. The van der Waals surface area contributed by atoms with E-state index in [0.29, 0.717) is 29.0 Å². The van der Waals surface area contributed by atoms with Gasteiger partial charge in [0.15, 0.2) is 5.82 Å². The summed E-state index contributed by atoms with van der Waals surface area (Å²) in [6.45, 7) is 0.735. The molecule has 0 radical (unpaired) electrons. The largest absolute Gasteiger partial charge is 0.497 e. The zero-order chi connectivity index (χ0) is 20.5. The minimum Gasteiger partial charge on any atom is -0.497 e. The number of hydrogen-bond acceptors (Lipinski definition) is 7. The molecular formula is C20H23N5O3S. The Morgan fingerprint density at radius 1 is 1.14 bits per heavy atom. The van der Waals surface area contributed by atoms with Gasteiger partial charge in [-0.2, -0.15) is 0 Å². The number of nitrogen functional groups attached to an aromatic ring is 1. The molecule has 0 bridgehead atoms. The highest BCUT2D eigenvalue weighted by Gasteiger charge is 2.13. The predicted octanol–water partition coefficient (Wildman–Crippen LogP) is 2.03. The molecule has 0 saturated carbocycles. The van der Waals surface area contributed by atoms with Crippen molar-refractivity contribution in [2.45, 2.75) is 18.2 Å². The number of ether oxygens (including phenoxy) is 2. The summed E-state index contributed by atoms with van der Waals surface area (Å²) in [5.74, 6) is 7.95. The lowest BCUT2D eigenvalue weighted by atomic mass is 10.1. The van der Waals surface area contributed by atoms with Gasteiger partial charge in [-0.25, -0.2) is 4.68 Å². The number of nitrogens with one attached hydrogen (secondary N) is 1. The van der Waals surface area contributed by atoms with Crippen LogP contribution in [0.1, 0.15) is 11.4 Å². The molecule has 3 aromatic rings. The molecule has 9 heteroatoms. The molecule has 0 fully saturated rings. The number of carbonyl (C=O) groups excluding carboxylic acids is 1. The summed E-state index contributed by atoms with van der Waals surface area (Å²) in [7, 11) is 1.59. The van der Waals surface area contributed by atoms with E-state index in [1.165, 1.54) is 22.0 Å². The van der Waals surface area contributed by atoms with Crippen molar-refractivity contribution < 1.29 is 14.3 Å². The topological polar surface area (TPSA) is 104 Å². The zero-order valence-electron chi connectivity index (χ0n) is 16.1. The van der Waals surface area contributed by atoms with Crippen LogP contribution in [-0.4, -0.2) is 40.2 Å². The van der Waals surface area contributed by atoms with Crippen molar-refractivity contribution in [2.24, 2.45) is 0 Å². The van der Waals surface area contributed by atoms with Crippen LogP contribution >= 0.6 is 11.8 Å². The van der Waals surface area contributed by atoms with Crippen LogP contribution < -0.4 is 20.6 Å². The number of nitrogens with two attached hydrogens (primary N) is 1. The lowest BCUT2D eigenvalue weighted by Crippen LogP contribution is -2.27. The molecule has 152 valence electrons. The Bertz CT molecular complexity index is 933. The average molecular weight is 414 g/mol. The van der Waals surface area contributed by atoms with Gasteiger partial charge in [-0.1, -0.05) is 48.2 Å². The van der Waals surface area contributed by atoms with Gasteiger partial charge in [-0.05, 0) is 24.1 Å². The van der Waals surface area contributed by atoms with E-state index in [0.717, 1.165) is 6.42 Å². The molecule has 0 aliphatic heterocycles. The summed E-state index contributed by atoms with van der Waals surface area (Å²) in [5.41, 5.74) is 1.18. The Hall–Kier alpha value is -3.20. The first-order valence-electron chi connectivity index (χ1n) is 9.05. The quantitative estimate of drug-likeness (QED) is 0.387. The first-order valence-corrected chi connectivity index (χ1v) is 10.0. The molecule has 2 aromatic carbocycles. The maximum Gasteiger partial charge on any atom is 0.230 e. The third kappa shape index (κ3) is 6.15. The normalized spacial score (nSPS) is 10.5. The van der Waals surface area contributed by atoms with Gasteiger partial charge in [0.2, 0.25) is 11.1 Å². The number of benzene rings is 2. The second-order valence-electron chi connectivity index (χ2n) is 6.11. The summed E-state index contributed by atoms with van der Waals surface area (Å²) in [6, 6.07) is 17.3. The van der Waals surface area contributed by atoms with Gasteiger partial charge >= 0.3 is 0 Å². The molecule has 0 saturated heterocycles. The number of thioether (sulfide) groups is 1. The Morgan fingerprint density at radius 2 is 1.93 bits per heavy atom. The third-order valence-electron chi connectivity index (χ3n) is 4.06. The number of amides is 1. The van der Waals surface area contributed by atoms with E-state index in [9.17, 15) is 4.79 Å². The molecule has 0 aliphatic rings. The van der Waals surface area contributed by atoms with Crippen molar-refractivity contribution in [2.75, 3.05) is 25.3 Å². The highest BCUT2D eigenvalue weighted by atomic mass is 32.2. The average Bonchev–Trinajstić information content (AvgIpc) is 3.11. The minimum atomic E-state index is -0.0805. The van der Waals surface area contributed by atoms with Crippen LogP contribution in [-0.2, 0) is 17.8 Å². The fourth-order valence-electron chi connectivity index (χ4n) is 2.51. The van der Waals surface area contributed by atoms with Crippen molar-refractivity contribution in [3.63, 3.8) is 0 Å². The Labute approximate surface area is 173 Å². The fraction of sp³-hybridized carbons (Fsp3) is 0.250. The molecule has 1 aromatic heterocycles. The van der Waals surface area contributed by atoms with Gasteiger partial charge in [0.05, 0.1) is 12.9 Å². The molecule has 29 heavy (non-hydrogen) atoms. The van der Waals surface area contributed by atoms with Crippen LogP contribution in [0.25, 0.3) is 0 Å². The highest BCUT2D eigenvalue weighted by Crippen LogP contribution is 2.20. The smallest absolute Gasteiger partial charge is 0.230 e. The zero-order valence-corrected chi connectivity index (χ0v) is 16.9. The molecule has 0 aliphatic carbocycles. The highest BCUT2D eigenvalue weighted by molar-refractivity contribution is 7.99. The molecule has 3 N–H and O–H groups in total. The van der Waals surface area contributed by atoms with Gasteiger partial charge in [-0.15, -0.1) is 10.2 Å². The Kier molecular flexibility index (Phi) is 7.34. The second-order valence-corrected chi connectivity index (χ2v) is 7.05. The molecular weight excluding hydrogens is 390 g/mol. The molecule has 0 spiro atoms. The van der Waals surface area contributed by atoms with Crippen LogP contribution in [0.4, 0.5) is 0 Å². The summed E-state index contributed by atoms with van der Waals surface area (Å²) in [5, 5.41) is 11.4. The number of hydrogen-bond donors (Lipinski definition) is 2. The van der Waals surface area contributed by atoms with Gasteiger partial charge in [0.25, 0.3) is 0 Å². The number of nitrogens with zero attached hydrogens (tertiary/aromatic N) is 3. The Morgan fingerprint density at radius 3 is 2.72 bits per heavy atom. The first kappa shape index (κ1) is 20.5. The molecule has 8 nitrogen and oxygen atoms in total. The maximum absolute atomic E-state index is 12.0. The third-order valence-corrected chi connectivity index (χ3v) is 5.00. The second kappa shape index (κ2) is 10.4. The summed E-state index contributed by atoms with van der Waals surface area (Å²) >= 11 is 1.23. The number of aromatic nitrogens is 3. The van der Waals surface area contributed by atoms with Gasteiger partial charge in [-0.3, -0.25) is 4.79 Å². The van der Waals surface area contributed by atoms with E-state index in [-0.39, 0.29) is 18.3 Å². The van der Waals surface area contributed by atoms with Crippen molar-refractivity contribution >= 4 is 17.7 Å². The molecule has 3 rings (SSSR count). The standard InChI is InChI=1S/C20H23N5O3S/c1-27-16-8-5-9-17(12-16)28-13-18-23-24-20(25(18)21)29-14-19(26)22-11-10-15-6-3-2-4-7-15/h2-9,12H,10-11,13-14,21H2,1H3,(H,22,26). The number of methoxy groups -OCH3 is 1. The monoisotopic (exact) mass is 413 g/mol. The summed E-state index contributed by atoms with van der Waals surface area (Å²) < 4.78 is 12.2. The van der Waals surface area contributed by atoms with E-state index in [1.54, 1.807) is 13.2 Å². The van der Waals surface area contributed by atoms with E-state index >= 15 is 0 Å². The lowest BCUT2D eigenvalue weighted by Gasteiger charge is -2.08. The van der Waals surface area contributed by atoms with Crippen molar-refractivity contribution in [3.05, 3.63) is 66.0 Å². The number of rotatable bonds is 10. The van der Waals surface area contributed by atoms with E-state index < -0.39 is 0 Å².